The van der Waals surface area contributed by atoms with Crippen molar-refractivity contribution in [3.05, 3.63) is 54.1 Å². The monoisotopic (exact) mass is 272 g/mol. The molecule has 4 nitrogen and oxygen atoms in total. The molecule has 0 amide bonds. The molecule has 0 aromatic carbocycles. The Morgan fingerprint density at radius 2 is 2.05 bits per heavy atom. The largest absolute Gasteiger partial charge is 0.353 e. The van der Waals surface area contributed by atoms with Crippen LogP contribution in [0, 0.1) is 0 Å². The Balaban J connectivity index is 2.04. The highest BCUT2D eigenvalue weighted by atomic mass is 32.1. The summed E-state index contributed by atoms with van der Waals surface area (Å²) in [4.78, 5) is 6.56. The summed E-state index contributed by atoms with van der Waals surface area (Å²) >= 11 is 5.39. The molecule has 1 aliphatic heterocycles. The minimum absolute atomic E-state index is 0.0901. The first-order valence-corrected chi connectivity index (χ1v) is 6.65. The minimum Gasteiger partial charge on any atom is -0.353 e. The fourth-order valence-corrected chi connectivity index (χ4v) is 2.85. The summed E-state index contributed by atoms with van der Waals surface area (Å²) in [5, 5.41) is 4.13. The lowest BCUT2D eigenvalue weighted by atomic mass is 10.0. The topological polar surface area (TPSA) is 33.1 Å². The molecule has 3 heterocycles. The van der Waals surface area contributed by atoms with Gasteiger partial charge in [-0.3, -0.25) is 4.98 Å². The number of nitrogens with one attached hydrogen (secondary N) is 1. The van der Waals surface area contributed by atoms with Crippen molar-refractivity contribution in [2.75, 3.05) is 7.05 Å². The van der Waals surface area contributed by atoms with Crippen molar-refractivity contribution in [2.24, 2.45) is 7.05 Å². The van der Waals surface area contributed by atoms with Crippen LogP contribution in [0.2, 0.25) is 0 Å². The molecule has 0 radical (unpaired) electrons. The molecular weight excluding hydrogens is 256 g/mol. The summed E-state index contributed by atoms with van der Waals surface area (Å²) in [7, 11) is 4.08. The van der Waals surface area contributed by atoms with Gasteiger partial charge in [0.05, 0.1) is 17.8 Å². The number of aromatic nitrogens is 2. The van der Waals surface area contributed by atoms with Crippen molar-refractivity contribution in [3.63, 3.8) is 0 Å². The summed E-state index contributed by atoms with van der Waals surface area (Å²) in [5.41, 5.74) is 2.24. The quantitative estimate of drug-likeness (QED) is 0.848. The molecule has 2 atom stereocenters. The van der Waals surface area contributed by atoms with E-state index >= 15 is 0 Å². The molecule has 2 aromatic heterocycles. The summed E-state index contributed by atoms with van der Waals surface area (Å²) in [6, 6.07) is 10.4. The molecule has 1 fully saturated rings. The van der Waals surface area contributed by atoms with Crippen LogP contribution in [0.25, 0.3) is 0 Å². The zero-order chi connectivity index (χ0) is 13.4. The van der Waals surface area contributed by atoms with Gasteiger partial charge in [-0.15, -0.1) is 0 Å². The van der Waals surface area contributed by atoms with Crippen LogP contribution in [-0.2, 0) is 7.05 Å². The fraction of sp³-hybridized carbons (Fsp3) is 0.286. The number of rotatable bonds is 2. The zero-order valence-electron chi connectivity index (χ0n) is 10.9. The van der Waals surface area contributed by atoms with E-state index in [0.717, 1.165) is 10.8 Å². The maximum atomic E-state index is 5.39. The van der Waals surface area contributed by atoms with Crippen molar-refractivity contribution in [1.29, 1.82) is 0 Å². The average Bonchev–Trinajstić information content (AvgIpc) is 2.96. The van der Waals surface area contributed by atoms with Gasteiger partial charge in [-0.25, -0.2) is 0 Å². The molecule has 0 spiro atoms. The van der Waals surface area contributed by atoms with Crippen LogP contribution >= 0.6 is 12.2 Å². The molecule has 5 heteroatoms. The third kappa shape index (κ3) is 2.00. The fourth-order valence-electron chi connectivity index (χ4n) is 2.61. The number of hydrogen-bond acceptors (Lipinski definition) is 2. The van der Waals surface area contributed by atoms with Crippen LogP contribution in [-0.4, -0.2) is 26.6 Å². The Hall–Kier alpha value is -1.88. The molecule has 0 bridgehead atoms. The summed E-state index contributed by atoms with van der Waals surface area (Å²) < 4.78 is 2.13. The second kappa shape index (κ2) is 4.66. The van der Waals surface area contributed by atoms with Gasteiger partial charge in [0.2, 0.25) is 0 Å². The van der Waals surface area contributed by atoms with E-state index in [2.05, 4.69) is 45.1 Å². The van der Waals surface area contributed by atoms with Crippen LogP contribution in [0.15, 0.2) is 42.7 Å². The van der Waals surface area contributed by atoms with E-state index in [9.17, 15) is 0 Å². The molecule has 1 aliphatic rings. The third-order valence-corrected chi connectivity index (χ3v) is 4.03. The van der Waals surface area contributed by atoms with E-state index in [4.69, 9.17) is 12.2 Å². The number of aryl methyl sites for hydroxylation is 1. The molecule has 1 saturated heterocycles. The lowest BCUT2D eigenvalue weighted by molar-refractivity contribution is 0.353. The van der Waals surface area contributed by atoms with E-state index in [1.807, 2.05) is 31.4 Å². The van der Waals surface area contributed by atoms with Gasteiger partial charge in [-0.2, -0.15) is 0 Å². The lowest BCUT2D eigenvalue weighted by Crippen LogP contribution is -2.25. The third-order valence-electron chi connectivity index (χ3n) is 3.63. The smallest absolute Gasteiger partial charge is 0.169 e. The number of nitrogens with zero attached hydrogens (tertiary/aromatic N) is 3. The second-order valence-electron chi connectivity index (χ2n) is 4.78. The van der Waals surface area contributed by atoms with Gasteiger partial charge in [-0.05, 0) is 36.5 Å². The molecule has 98 valence electrons. The first-order chi connectivity index (χ1) is 9.18. The standard InChI is InChI=1S/C14H16N4S/c1-17-9-5-7-11(17)13-12(16-14(19)18(13)2)10-6-3-4-8-15-10/h3-9,12-13H,1-2H3,(H,16,19)/t12-,13-/m1/s1. The summed E-state index contributed by atoms with van der Waals surface area (Å²) in [6.07, 6.45) is 3.88. The van der Waals surface area contributed by atoms with Gasteiger partial charge >= 0.3 is 0 Å². The average molecular weight is 272 g/mol. The van der Waals surface area contributed by atoms with Crippen molar-refractivity contribution >= 4 is 17.3 Å². The van der Waals surface area contributed by atoms with Crippen LogP contribution in [0.1, 0.15) is 23.5 Å². The Morgan fingerprint density at radius 1 is 1.21 bits per heavy atom. The van der Waals surface area contributed by atoms with Crippen LogP contribution in [0.4, 0.5) is 0 Å². The molecule has 2 aromatic rings. The van der Waals surface area contributed by atoms with Gasteiger partial charge in [0.25, 0.3) is 0 Å². The number of pyridine rings is 1. The Morgan fingerprint density at radius 3 is 2.68 bits per heavy atom. The molecule has 0 saturated carbocycles. The summed E-state index contributed by atoms with van der Waals surface area (Å²) in [6.45, 7) is 0. The first-order valence-electron chi connectivity index (χ1n) is 6.24. The minimum atomic E-state index is 0.0901. The number of hydrogen-bond donors (Lipinski definition) is 1. The highest BCUT2D eigenvalue weighted by Gasteiger charge is 2.38. The zero-order valence-corrected chi connectivity index (χ0v) is 11.8. The van der Waals surface area contributed by atoms with E-state index in [1.54, 1.807) is 0 Å². The van der Waals surface area contributed by atoms with Crippen molar-refractivity contribution in [3.8, 4) is 0 Å². The molecular formula is C14H16N4S. The molecule has 0 unspecified atom stereocenters. The SMILES string of the molecule is CN1C(=S)N[C@H](c2ccccn2)[C@H]1c1cccn1C. The first kappa shape index (κ1) is 12.2. The maximum Gasteiger partial charge on any atom is 0.169 e. The molecule has 1 N–H and O–H groups in total. The van der Waals surface area contributed by atoms with Crippen molar-refractivity contribution in [1.82, 2.24) is 19.8 Å². The van der Waals surface area contributed by atoms with Crippen LogP contribution in [0.5, 0.6) is 0 Å². The number of thiocarbonyl (C=S) groups is 1. The Bertz CT molecular complexity index is 593. The van der Waals surface area contributed by atoms with Crippen molar-refractivity contribution < 1.29 is 0 Å². The summed E-state index contributed by atoms with van der Waals surface area (Å²) in [5.74, 6) is 0. The van der Waals surface area contributed by atoms with E-state index < -0.39 is 0 Å². The Kier molecular flexibility index (Phi) is 2.98. The van der Waals surface area contributed by atoms with Gasteiger partial charge in [0.15, 0.2) is 5.11 Å². The van der Waals surface area contributed by atoms with Gasteiger partial charge in [-0.1, -0.05) is 6.07 Å². The molecule has 19 heavy (non-hydrogen) atoms. The highest BCUT2D eigenvalue weighted by Crippen LogP contribution is 2.37. The highest BCUT2D eigenvalue weighted by molar-refractivity contribution is 7.80. The number of likely N-dealkylation sites (N-methyl/N-ethyl adjacent to an activating group) is 1. The van der Waals surface area contributed by atoms with Gasteiger partial charge in [0, 0.05) is 32.2 Å². The van der Waals surface area contributed by atoms with Gasteiger partial charge in [0.1, 0.15) is 0 Å². The van der Waals surface area contributed by atoms with Crippen LogP contribution < -0.4 is 5.32 Å². The van der Waals surface area contributed by atoms with E-state index in [1.165, 1.54) is 5.69 Å². The second-order valence-corrected chi connectivity index (χ2v) is 5.17. The van der Waals surface area contributed by atoms with Crippen LogP contribution in [0.3, 0.4) is 0 Å². The lowest BCUT2D eigenvalue weighted by Gasteiger charge is -2.24. The maximum absolute atomic E-state index is 5.39. The predicted octanol–water partition coefficient (Wildman–Crippen LogP) is 2.02. The molecule has 3 rings (SSSR count). The Labute approximate surface area is 118 Å². The van der Waals surface area contributed by atoms with E-state index in [-0.39, 0.29) is 12.1 Å². The van der Waals surface area contributed by atoms with Gasteiger partial charge < -0.3 is 14.8 Å². The molecule has 0 aliphatic carbocycles. The van der Waals surface area contributed by atoms with Crippen molar-refractivity contribution in [2.45, 2.75) is 12.1 Å². The normalized spacial score (nSPS) is 22.6. The predicted molar refractivity (Wildman–Crippen MR) is 78.6 cm³/mol. The van der Waals surface area contributed by atoms with E-state index in [0.29, 0.717) is 0 Å².